The Morgan fingerprint density at radius 3 is 2.26 bits per heavy atom. The molecule has 0 amide bonds. The van der Waals surface area contributed by atoms with Gasteiger partial charge in [0.2, 0.25) is 0 Å². The van der Waals surface area contributed by atoms with Crippen molar-refractivity contribution in [2.75, 3.05) is 14.2 Å². The van der Waals surface area contributed by atoms with E-state index in [4.69, 9.17) is 9.47 Å². The first kappa shape index (κ1) is 17.0. The molecular formula is C23H25NO3. The smallest absolute Gasteiger partial charge is 0.312 e. The Bertz CT molecular complexity index is 834. The van der Waals surface area contributed by atoms with Crippen LogP contribution in [0.15, 0.2) is 48.5 Å². The van der Waals surface area contributed by atoms with Gasteiger partial charge in [0.1, 0.15) is 6.10 Å². The van der Waals surface area contributed by atoms with Crippen LogP contribution >= 0.6 is 0 Å². The number of piperidine rings is 1. The van der Waals surface area contributed by atoms with Gasteiger partial charge in [-0.3, -0.25) is 9.69 Å². The summed E-state index contributed by atoms with van der Waals surface area (Å²) in [7, 11) is 3.62. The van der Waals surface area contributed by atoms with Crippen LogP contribution in [0.25, 0.3) is 11.1 Å². The summed E-state index contributed by atoms with van der Waals surface area (Å²) in [5.74, 6) is -0.365. The summed E-state index contributed by atoms with van der Waals surface area (Å²) in [5, 5.41) is 0. The van der Waals surface area contributed by atoms with E-state index >= 15 is 0 Å². The van der Waals surface area contributed by atoms with Crippen LogP contribution in [0.1, 0.15) is 36.5 Å². The summed E-state index contributed by atoms with van der Waals surface area (Å²) in [5.41, 5.74) is 4.88. The van der Waals surface area contributed by atoms with Gasteiger partial charge < -0.3 is 9.47 Å². The van der Waals surface area contributed by atoms with Gasteiger partial charge in [-0.1, -0.05) is 48.5 Å². The summed E-state index contributed by atoms with van der Waals surface area (Å²) >= 11 is 0. The average molecular weight is 363 g/mol. The normalized spacial score (nSPS) is 29.4. The first-order chi connectivity index (χ1) is 13.2. The van der Waals surface area contributed by atoms with Gasteiger partial charge in [-0.05, 0) is 48.6 Å². The molecule has 2 bridgehead atoms. The van der Waals surface area contributed by atoms with Gasteiger partial charge in [-0.15, -0.1) is 0 Å². The van der Waals surface area contributed by atoms with Crippen LogP contribution in [0.2, 0.25) is 0 Å². The third-order valence-corrected chi connectivity index (χ3v) is 6.78. The number of benzene rings is 2. The maximum atomic E-state index is 12.6. The SMILES string of the molecule is COC(=O)[C@H]1[C@H](OC2c3ccccc3-c3ccccc32)C[C@@H]2CC[C@@H]1N2C. The molecule has 0 aromatic heterocycles. The highest BCUT2D eigenvalue weighted by Gasteiger charge is 2.51. The molecule has 2 saturated heterocycles. The lowest BCUT2D eigenvalue weighted by Gasteiger charge is -2.42. The molecule has 5 rings (SSSR count). The largest absolute Gasteiger partial charge is 0.469 e. The lowest BCUT2D eigenvalue weighted by molar-refractivity contribution is -0.161. The van der Waals surface area contributed by atoms with Crippen molar-refractivity contribution in [1.82, 2.24) is 4.90 Å². The number of nitrogens with zero attached hydrogens (tertiary/aromatic N) is 1. The molecular weight excluding hydrogens is 338 g/mol. The number of hydrogen-bond acceptors (Lipinski definition) is 4. The zero-order chi connectivity index (χ0) is 18.5. The first-order valence-corrected chi connectivity index (χ1v) is 9.82. The van der Waals surface area contributed by atoms with E-state index < -0.39 is 0 Å². The Morgan fingerprint density at radius 2 is 1.63 bits per heavy atom. The lowest BCUT2D eigenvalue weighted by Crippen LogP contribution is -2.53. The molecule has 140 valence electrons. The second kappa shape index (κ2) is 6.47. The Balaban J connectivity index is 1.52. The fourth-order valence-electron chi connectivity index (χ4n) is 5.44. The van der Waals surface area contributed by atoms with E-state index in [1.807, 2.05) is 0 Å². The summed E-state index contributed by atoms with van der Waals surface area (Å²) in [6, 6.07) is 17.6. The molecule has 0 unspecified atom stereocenters. The lowest BCUT2D eigenvalue weighted by atomic mass is 9.87. The third-order valence-electron chi connectivity index (χ3n) is 6.78. The van der Waals surface area contributed by atoms with Crippen molar-refractivity contribution in [1.29, 1.82) is 0 Å². The second-order valence-electron chi connectivity index (χ2n) is 7.98. The molecule has 2 heterocycles. The van der Waals surface area contributed by atoms with Gasteiger partial charge in [-0.25, -0.2) is 0 Å². The molecule has 1 aliphatic carbocycles. The predicted octanol–water partition coefficient (Wildman–Crippen LogP) is 3.80. The molecule has 2 fully saturated rings. The molecule has 2 aromatic carbocycles. The summed E-state index contributed by atoms with van der Waals surface area (Å²) in [4.78, 5) is 15.0. The van der Waals surface area contributed by atoms with Gasteiger partial charge in [-0.2, -0.15) is 0 Å². The van der Waals surface area contributed by atoms with Gasteiger partial charge in [0.25, 0.3) is 0 Å². The van der Waals surface area contributed by atoms with Crippen molar-refractivity contribution in [3.05, 3.63) is 59.7 Å². The molecule has 0 radical (unpaired) electrons. The van der Waals surface area contributed by atoms with E-state index in [2.05, 4.69) is 60.5 Å². The van der Waals surface area contributed by atoms with E-state index in [0.717, 1.165) is 19.3 Å². The molecule has 4 atom stereocenters. The summed E-state index contributed by atoms with van der Waals surface area (Å²) in [6.07, 6.45) is 2.83. The van der Waals surface area contributed by atoms with Gasteiger partial charge in [0.15, 0.2) is 0 Å². The van der Waals surface area contributed by atoms with E-state index in [-0.39, 0.29) is 30.1 Å². The number of carbonyl (C=O) groups excluding carboxylic acids is 1. The zero-order valence-corrected chi connectivity index (χ0v) is 15.8. The molecule has 0 saturated carbocycles. The van der Waals surface area contributed by atoms with Gasteiger partial charge in [0.05, 0.1) is 19.1 Å². The standard InChI is InChI=1S/C23H25NO3/c1-24-14-11-12-19(24)21(23(25)26-2)20(13-14)27-22-17-9-5-3-7-15(17)16-8-4-6-10-18(16)22/h3-10,14,19-22H,11-13H2,1-2H3/t14-,19-,20+,21+/m0/s1. The van der Waals surface area contributed by atoms with Crippen LogP contribution in [0, 0.1) is 5.92 Å². The molecule has 4 nitrogen and oxygen atoms in total. The van der Waals surface area contributed by atoms with Crippen LogP contribution < -0.4 is 0 Å². The van der Waals surface area contributed by atoms with Crippen LogP contribution in [0.4, 0.5) is 0 Å². The third kappa shape index (κ3) is 2.54. The highest BCUT2D eigenvalue weighted by atomic mass is 16.5. The molecule has 4 heteroatoms. The number of fused-ring (bicyclic) bond motifs is 5. The van der Waals surface area contributed by atoms with Crippen LogP contribution in [0.5, 0.6) is 0 Å². The van der Waals surface area contributed by atoms with E-state index in [1.165, 1.54) is 29.4 Å². The maximum Gasteiger partial charge on any atom is 0.312 e. The Hall–Kier alpha value is -2.17. The number of methoxy groups -OCH3 is 1. The fraction of sp³-hybridized carbons (Fsp3) is 0.435. The quantitative estimate of drug-likeness (QED) is 0.778. The number of ether oxygens (including phenoxy) is 2. The molecule has 0 N–H and O–H groups in total. The fourth-order valence-corrected chi connectivity index (χ4v) is 5.44. The highest BCUT2D eigenvalue weighted by molar-refractivity contribution is 5.78. The number of carbonyl (C=O) groups is 1. The summed E-state index contributed by atoms with van der Waals surface area (Å²) in [6.45, 7) is 0. The van der Waals surface area contributed by atoms with Crippen molar-refractivity contribution in [3.8, 4) is 11.1 Å². The summed E-state index contributed by atoms with van der Waals surface area (Å²) < 4.78 is 11.9. The monoisotopic (exact) mass is 363 g/mol. The zero-order valence-electron chi connectivity index (χ0n) is 15.8. The van der Waals surface area contributed by atoms with E-state index in [0.29, 0.717) is 6.04 Å². The van der Waals surface area contributed by atoms with Crippen molar-refractivity contribution >= 4 is 5.97 Å². The minimum absolute atomic E-state index is 0.114. The minimum atomic E-state index is -0.223. The van der Waals surface area contributed by atoms with E-state index in [9.17, 15) is 4.79 Å². The van der Waals surface area contributed by atoms with Crippen LogP contribution in [-0.2, 0) is 14.3 Å². The first-order valence-electron chi connectivity index (χ1n) is 9.82. The number of hydrogen-bond donors (Lipinski definition) is 0. The Kier molecular flexibility index (Phi) is 4.06. The Morgan fingerprint density at radius 1 is 1.00 bits per heavy atom. The van der Waals surface area contributed by atoms with Crippen molar-refractivity contribution in [3.63, 3.8) is 0 Å². The molecule has 3 aliphatic rings. The number of esters is 1. The molecule has 0 spiro atoms. The van der Waals surface area contributed by atoms with Crippen molar-refractivity contribution in [2.45, 2.75) is 43.6 Å². The molecule has 2 aliphatic heterocycles. The van der Waals surface area contributed by atoms with E-state index in [1.54, 1.807) is 0 Å². The average Bonchev–Trinajstić information content (AvgIpc) is 3.13. The molecule has 2 aromatic rings. The van der Waals surface area contributed by atoms with Crippen molar-refractivity contribution < 1.29 is 14.3 Å². The Labute approximate surface area is 160 Å². The number of rotatable bonds is 3. The minimum Gasteiger partial charge on any atom is -0.469 e. The van der Waals surface area contributed by atoms with Gasteiger partial charge >= 0.3 is 5.97 Å². The second-order valence-corrected chi connectivity index (χ2v) is 7.98. The van der Waals surface area contributed by atoms with Crippen LogP contribution in [0.3, 0.4) is 0 Å². The topological polar surface area (TPSA) is 38.8 Å². The predicted molar refractivity (Wildman–Crippen MR) is 103 cm³/mol. The maximum absolute atomic E-state index is 12.6. The van der Waals surface area contributed by atoms with Crippen LogP contribution in [-0.4, -0.2) is 43.2 Å². The van der Waals surface area contributed by atoms with Crippen molar-refractivity contribution in [2.24, 2.45) is 5.92 Å². The molecule has 27 heavy (non-hydrogen) atoms. The highest BCUT2D eigenvalue weighted by Crippen LogP contribution is 2.48. The van der Waals surface area contributed by atoms with Gasteiger partial charge in [0, 0.05) is 12.1 Å².